The summed E-state index contributed by atoms with van der Waals surface area (Å²) in [7, 11) is -4.15. The SMILES string of the molecule is CCCCCCCCCCCCCCCCCCCCCC(CCCCCCCCCCC)S(=O)(=O)[O-].[K+]. The van der Waals surface area contributed by atoms with Crippen molar-refractivity contribution in [2.24, 2.45) is 0 Å². The summed E-state index contributed by atoms with van der Waals surface area (Å²) in [5, 5.41) is -0.650. The first-order chi connectivity index (χ1) is 18.0. The zero-order valence-electron chi connectivity index (χ0n) is 26.4. The molecule has 0 saturated carbocycles. The number of hydrogen-bond acceptors (Lipinski definition) is 3. The number of hydrogen-bond donors (Lipinski definition) is 0. The molecule has 0 aliphatic heterocycles. The summed E-state index contributed by atoms with van der Waals surface area (Å²) in [4.78, 5) is 0. The first kappa shape index (κ1) is 41.7. The molecule has 38 heavy (non-hydrogen) atoms. The van der Waals surface area contributed by atoms with Crippen molar-refractivity contribution in [3.8, 4) is 0 Å². The van der Waals surface area contributed by atoms with Crippen LogP contribution in [0.4, 0.5) is 0 Å². The molecule has 0 amide bonds. The first-order valence-corrected chi connectivity index (χ1v) is 18.4. The Balaban J connectivity index is 0. The average molecular weight is 583 g/mol. The minimum Gasteiger partial charge on any atom is -0.748 e. The Bertz CT molecular complexity index is 538. The average Bonchev–Trinajstić information content (AvgIpc) is 2.87. The molecular formula is C33H67KO3S. The molecule has 0 aliphatic rings. The second-order valence-electron chi connectivity index (χ2n) is 11.9. The van der Waals surface area contributed by atoms with E-state index in [-0.39, 0.29) is 51.4 Å². The molecule has 1 unspecified atom stereocenters. The van der Waals surface area contributed by atoms with Crippen LogP contribution < -0.4 is 51.4 Å². The standard InChI is InChI=1S/C33H68O3S.K/c1-3-5-7-9-11-13-14-15-16-17-18-19-20-21-22-24-26-28-30-32-33(37(34,35)36)31-29-27-25-23-12-10-8-6-4-2;/h33H,3-32H2,1-2H3,(H,34,35,36);/q;+1/p-1. The molecule has 0 rings (SSSR count). The summed E-state index contributed by atoms with van der Waals surface area (Å²) in [5.74, 6) is 0. The van der Waals surface area contributed by atoms with Crippen LogP contribution in [0.15, 0.2) is 0 Å². The molecule has 0 aromatic carbocycles. The van der Waals surface area contributed by atoms with Gasteiger partial charge in [0, 0.05) is 5.25 Å². The first-order valence-electron chi connectivity index (χ1n) is 17.0. The summed E-state index contributed by atoms with van der Waals surface area (Å²) in [6, 6.07) is 0. The van der Waals surface area contributed by atoms with Gasteiger partial charge in [-0.1, -0.05) is 194 Å². The Morgan fingerprint density at radius 1 is 0.395 bits per heavy atom. The smallest absolute Gasteiger partial charge is 0.748 e. The molecule has 224 valence electrons. The van der Waals surface area contributed by atoms with Gasteiger partial charge in [0.25, 0.3) is 0 Å². The van der Waals surface area contributed by atoms with E-state index in [0.29, 0.717) is 12.8 Å². The van der Waals surface area contributed by atoms with Gasteiger partial charge in [0.1, 0.15) is 0 Å². The summed E-state index contributed by atoms with van der Waals surface area (Å²) < 4.78 is 35.0. The van der Waals surface area contributed by atoms with Gasteiger partial charge in [0.2, 0.25) is 0 Å². The zero-order valence-corrected chi connectivity index (χ0v) is 30.4. The maximum atomic E-state index is 11.7. The van der Waals surface area contributed by atoms with Gasteiger partial charge in [-0.2, -0.15) is 0 Å². The van der Waals surface area contributed by atoms with E-state index in [9.17, 15) is 13.0 Å². The van der Waals surface area contributed by atoms with Gasteiger partial charge in [-0.3, -0.25) is 0 Å². The van der Waals surface area contributed by atoms with Crippen LogP contribution in [0.3, 0.4) is 0 Å². The molecule has 0 aliphatic carbocycles. The van der Waals surface area contributed by atoms with Gasteiger partial charge in [0.05, 0.1) is 10.1 Å². The van der Waals surface area contributed by atoms with E-state index < -0.39 is 15.4 Å². The van der Waals surface area contributed by atoms with Crippen LogP contribution in [0.2, 0.25) is 0 Å². The predicted octanol–water partition coefficient (Wildman–Crippen LogP) is 8.65. The molecule has 0 spiro atoms. The fraction of sp³-hybridized carbons (Fsp3) is 1.00. The van der Waals surface area contributed by atoms with E-state index >= 15 is 0 Å². The molecule has 0 aromatic heterocycles. The van der Waals surface area contributed by atoms with Crippen molar-refractivity contribution in [1.29, 1.82) is 0 Å². The van der Waals surface area contributed by atoms with Crippen LogP contribution in [0, 0.1) is 0 Å². The third kappa shape index (κ3) is 32.1. The summed E-state index contributed by atoms with van der Waals surface area (Å²) in [5.41, 5.74) is 0. The van der Waals surface area contributed by atoms with E-state index in [4.69, 9.17) is 0 Å². The van der Waals surface area contributed by atoms with Crippen molar-refractivity contribution in [2.75, 3.05) is 0 Å². The van der Waals surface area contributed by atoms with Crippen LogP contribution in [0.25, 0.3) is 0 Å². The third-order valence-electron chi connectivity index (χ3n) is 8.17. The minimum absolute atomic E-state index is 0. The molecule has 0 bridgehead atoms. The molecule has 0 heterocycles. The largest absolute Gasteiger partial charge is 1.00 e. The van der Waals surface area contributed by atoms with Gasteiger partial charge < -0.3 is 4.55 Å². The molecule has 0 saturated heterocycles. The Labute approximate surface area is 283 Å². The second-order valence-corrected chi connectivity index (χ2v) is 13.5. The minimum atomic E-state index is -4.15. The van der Waals surface area contributed by atoms with Gasteiger partial charge in [-0.15, -0.1) is 0 Å². The van der Waals surface area contributed by atoms with E-state index in [1.807, 2.05) is 0 Å². The fourth-order valence-electron chi connectivity index (χ4n) is 5.57. The van der Waals surface area contributed by atoms with E-state index in [0.717, 1.165) is 25.7 Å². The monoisotopic (exact) mass is 582 g/mol. The van der Waals surface area contributed by atoms with Crippen molar-refractivity contribution in [3.05, 3.63) is 0 Å². The normalized spacial score (nSPS) is 12.5. The molecule has 5 heteroatoms. The van der Waals surface area contributed by atoms with Crippen LogP contribution in [0.5, 0.6) is 0 Å². The molecule has 0 radical (unpaired) electrons. The van der Waals surface area contributed by atoms with Crippen LogP contribution >= 0.6 is 0 Å². The molecule has 1 atom stereocenters. The Morgan fingerprint density at radius 2 is 0.579 bits per heavy atom. The van der Waals surface area contributed by atoms with Crippen molar-refractivity contribution in [1.82, 2.24) is 0 Å². The number of rotatable bonds is 31. The molecular weight excluding hydrogens is 516 g/mol. The molecule has 3 nitrogen and oxygen atoms in total. The Hall–Kier alpha value is 1.55. The summed E-state index contributed by atoms with van der Waals surface area (Å²) in [6.45, 7) is 4.52. The van der Waals surface area contributed by atoms with E-state index in [2.05, 4.69) is 13.8 Å². The fourth-order valence-corrected chi connectivity index (χ4v) is 6.48. The van der Waals surface area contributed by atoms with Crippen molar-refractivity contribution in [3.63, 3.8) is 0 Å². The molecule has 0 fully saturated rings. The summed E-state index contributed by atoms with van der Waals surface area (Å²) in [6.07, 6.45) is 37.5. The van der Waals surface area contributed by atoms with Gasteiger partial charge >= 0.3 is 51.4 Å². The Morgan fingerprint density at radius 3 is 0.763 bits per heavy atom. The van der Waals surface area contributed by atoms with Crippen molar-refractivity contribution >= 4 is 10.1 Å². The van der Waals surface area contributed by atoms with Crippen LogP contribution in [-0.4, -0.2) is 18.2 Å². The van der Waals surface area contributed by atoms with Gasteiger partial charge in [-0.25, -0.2) is 8.42 Å². The third-order valence-corrected chi connectivity index (χ3v) is 9.46. The molecule has 0 N–H and O–H groups in total. The van der Waals surface area contributed by atoms with Crippen molar-refractivity contribution < 1.29 is 64.4 Å². The summed E-state index contributed by atoms with van der Waals surface area (Å²) >= 11 is 0. The maximum Gasteiger partial charge on any atom is 1.00 e. The van der Waals surface area contributed by atoms with Crippen LogP contribution in [-0.2, 0) is 10.1 Å². The van der Waals surface area contributed by atoms with Crippen molar-refractivity contribution in [2.45, 2.75) is 212 Å². The second kappa shape index (κ2) is 33.1. The predicted molar refractivity (Wildman–Crippen MR) is 163 cm³/mol. The van der Waals surface area contributed by atoms with Gasteiger partial charge in [0.15, 0.2) is 0 Å². The van der Waals surface area contributed by atoms with Gasteiger partial charge in [-0.05, 0) is 12.8 Å². The topological polar surface area (TPSA) is 57.2 Å². The zero-order chi connectivity index (χ0) is 27.3. The maximum absolute atomic E-state index is 11.7. The number of unbranched alkanes of at least 4 members (excludes halogenated alkanes) is 26. The van der Waals surface area contributed by atoms with E-state index in [1.54, 1.807) is 0 Å². The quantitative estimate of drug-likeness (QED) is 0.0467. The Kier molecular flexibility index (Phi) is 36.3. The van der Waals surface area contributed by atoms with Crippen LogP contribution in [0.1, 0.15) is 206 Å². The van der Waals surface area contributed by atoms with E-state index in [1.165, 1.54) is 154 Å². The molecule has 0 aromatic rings.